The van der Waals surface area contributed by atoms with E-state index in [0.29, 0.717) is 0 Å². The molecule has 1 aromatic carbocycles. The predicted molar refractivity (Wildman–Crippen MR) is 61.7 cm³/mol. The van der Waals surface area contributed by atoms with Gasteiger partial charge in [0.2, 0.25) is 0 Å². The molecule has 0 fully saturated rings. The molecule has 0 aliphatic heterocycles. The van der Waals surface area contributed by atoms with E-state index in [1.807, 2.05) is 0 Å². The molecule has 0 aliphatic carbocycles. The first-order chi connectivity index (χ1) is 9.29. The van der Waals surface area contributed by atoms with Gasteiger partial charge in [-0.15, -0.1) is 0 Å². The molecule has 8 heteroatoms. The summed E-state index contributed by atoms with van der Waals surface area (Å²) in [7, 11) is 1.39. The number of carboxylic acid groups (broad SMARTS) is 1. The van der Waals surface area contributed by atoms with Crippen molar-refractivity contribution in [3.05, 3.63) is 41.7 Å². The Hall–Kier alpha value is -2.51. The van der Waals surface area contributed by atoms with Gasteiger partial charge in [0.05, 0.1) is 11.8 Å². The third kappa shape index (κ3) is 2.73. The van der Waals surface area contributed by atoms with Crippen molar-refractivity contribution in [2.75, 3.05) is 0 Å². The normalized spacial score (nSPS) is 11.4. The number of rotatable bonds is 3. The second kappa shape index (κ2) is 4.87. The monoisotopic (exact) mass is 286 g/mol. The molecule has 2 rings (SSSR count). The second-order valence-corrected chi connectivity index (χ2v) is 3.91. The van der Waals surface area contributed by atoms with Gasteiger partial charge in [0.1, 0.15) is 5.75 Å². The number of aromatic nitrogens is 2. The number of hydrogen-bond acceptors (Lipinski definition) is 3. The lowest BCUT2D eigenvalue weighted by molar-refractivity contribution is -0.137. The second-order valence-electron chi connectivity index (χ2n) is 3.91. The molecule has 1 heterocycles. The van der Waals surface area contributed by atoms with Crippen molar-refractivity contribution in [1.29, 1.82) is 0 Å². The Labute approximate surface area is 111 Å². The van der Waals surface area contributed by atoms with Crippen LogP contribution in [-0.2, 0) is 13.2 Å². The molecule has 0 amide bonds. The number of halogens is 3. The number of aryl methyl sites for hydroxylation is 1. The Morgan fingerprint density at radius 3 is 2.70 bits per heavy atom. The highest BCUT2D eigenvalue weighted by Gasteiger charge is 2.30. The van der Waals surface area contributed by atoms with Crippen LogP contribution in [0.15, 0.2) is 30.5 Å². The lowest BCUT2D eigenvalue weighted by Crippen LogP contribution is -2.07. The summed E-state index contributed by atoms with van der Waals surface area (Å²) < 4.78 is 43.9. The molecule has 0 saturated carbocycles. The molecular weight excluding hydrogens is 277 g/mol. The number of nitrogens with zero attached hydrogens (tertiary/aromatic N) is 2. The molecule has 106 valence electrons. The topological polar surface area (TPSA) is 64.4 Å². The Balaban J connectivity index is 2.34. The SMILES string of the molecule is Cn1ncc(Oc2cccc(C(F)(F)F)c2)c1C(=O)O. The molecule has 0 atom stereocenters. The van der Waals surface area contributed by atoms with E-state index in [2.05, 4.69) is 5.10 Å². The van der Waals surface area contributed by atoms with Crippen molar-refractivity contribution < 1.29 is 27.8 Å². The third-order valence-electron chi connectivity index (χ3n) is 2.50. The highest BCUT2D eigenvalue weighted by molar-refractivity contribution is 5.88. The minimum atomic E-state index is -4.50. The average molecular weight is 286 g/mol. The summed E-state index contributed by atoms with van der Waals surface area (Å²) in [5, 5.41) is 12.7. The van der Waals surface area contributed by atoms with Gasteiger partial charge in [0.15, 0.2) is 11.4 Å². The zero-order valence-corrected chi connectivity index (χ0v) is 10.2. The summed E-state index contributed by atoms with van der Waals surface area (Å²) in [6, 6.07) is 4.16. The summed E-state index contributed by atoms with van der Waals surface area (Å²) in [5.74, 6) is -1.53. The van der Waals surface area contributed by atoms with E-state index in [4.69, 9.17) is 9.84 Å². The number of ether oxygens (including phenoxy) is 1. The molecule has 1 N–H and O–H groups in total. The van der Waals surface area contributed by atoms with Gasteiger partial charge < -0.3 is 9.84 Å². The smallest absolute Gasteiger partial charge is 0.416 e. The van der Waals surface area contributed by atoms with Crippen LogP contribution in [-0.4, -0.2) is 20.9 Å². The van der Waals surface area contributed by atoms with Crippen molar-refractivity contribution in [3.63, 3.8) is 0 Å². The van der Waals surface area contributed by atoms with Gasteiger partial charge in [-0.2, -0.15) is 18.3 Å². The van der Waals surface area contributed by atoms with E-state index in [-0.39, 0.29) is 17.2 Å². The Morgan fingerprint density at radius 1 is 1.40 bits per heavy atom. The molecule has 0 saturated heterocycles. The van der Waals surface area contributed by atoms with Crippen molar-refractivity contribution in [2.45, 2.75) is 6.18 Å². The van der Waals surface area contributed by atoms with Gasteiger partial charge in [-0.05, 0) is 18.2 Å². The van der Waals surface area contributed by atoms with Crippen LogP contribution in [0.5, 0.6) is 11.5 Å². The number of carboxylic acids is 1. The molecule has 1 aromatic heterocycles. The van der Waals surface area contributed by atoms with Gasteiger partial charge in [0, 0.05) is 7.05 Å². The fourth-order valence-electron chi connectivity index (χ4n) is 1.60. The van der Waals surface area contributed by atoms with Crippen LogP contribution in [0, 0.1) is 0 Å². The molecule has 0 radical (unpaired) electrons. The van der Waals surface area contributed by atoms with Crippen molar-refractivity contribution in [1.82, 2.24) is 9.78 Å². The van der Waals surface area contributed by atoms with E-state index in [1.54, 1.807) is 0 Å². The summed E-state index contributed by atoms with van der Waals surface area (Å²) in [4.78, 5) is 11.0. The van der Waals surface area contributed by atoms with E-state index in [1.165, 1.54) is 19.2 Å². The van der Waals surface area contributed by atoms with Crippen LogP contribution in [0.4, 0.5) is 13.2 Å². The first kappa shape index (κ1) is 13.9. The summed E-state index contributed by atoms with van der Waals surface area (Å²) in [5.41, 5.74) is -1.13. The van der Waals surface area contributed by atoms with Gasteiger partial charge in [-0.25, -0.2) is 4.79 Å². The number of alkyl halides is 3. The van der Waals surface area contributed by atoms with Crippen molar-refractivity contribution in [3.8, 4) is 11.5 Å². The quantitative estimate of drug-likeness (QED) is 0.942. The van der Waals surface area contributed by atoms with E-state index in [9.17, 15) is 18.0 Å². The zero-order chi connectivity index (χ0) is 14.9. The Kier molecular flexibility index (Phi) is 3.39. The maximum atomic E-state index is 12.6. The number of aromatic carboxylic acids is 1. The highest BCUT2D eigenvalue weighted by atomic mass is 19.4. The Morgan fingerprint density at radius 2 is 2.10 bits per heavy atom. The van der Waals surface area contributed by atoms with Gasteiger partial charge in [-0.1, -0.05) is 6.07 Å². The average Bonchev–Trinajstić information content (AvgIpc) is 2.69. The number of carbonyl (C=O) groups is 1. The Bertz CT molecular complexity index is 650. The molecule has 0 bridgehead atoms. The van der Waals surface area contributed by atoms with Crippen LogP contribution >= 0.6 is 0 Å². The predicted octanol–water partition coefficient (Wildman–Crippen LogP) is 2.93. The van der Waals surface area contributed by atoms with Crippen molar-refractivity contribution >= 4 is 5.97 Å². The fraction of sp³-hybridized carbons (Fsp3) is 0.167. The first-order valence-corrected chi connectivity index (χ1v) is 5.39. The minimum absolute atomic E-state index is 0.115. The third-order valence-corrected chi connectivity index (χ3v) is 2.50. The van der Waals surface area contributed by atoms with Crippen LogP contribution < -0.4 is 4.74 Å². The summed E-state index contributed by atoms with van der Waals surface area (Å²) >= 11 is 0. The molecule has 0 aliphatic rings. The molecule has 5 nitrogen and oxygen atoms in total. The lowest BCUT2D eigenvalue weighted by Gasteiger charge is -2.09. The lowest BCUT2D eigenvalue weighted by atomic mass is 10.2. The van der Waals surface area contributed by atoms with Gasteiger partial charge >= 0.3 is 12.1 Å². The van der Waals surface area contributed by atoms with E-state index in [0.717, 1.165) is 23.0 Å². The number of hydrogen-bond donors (Lipinski definition) is 1. The van der Waals surface area contributed by atoms with E-state index < -0.39 is 17.7 Å². The van der Waals surface area contributed by atoms with Crippen LogP contribution in [0.1, 0.15) is 16.1 Å². The fourth-order valence-corrected chi connectivity index (χ4v) is 1.60. The van der Waals surface area contributed by atoms with E-state index >= 15 is 0 Å². The van der Waals surface area contributed by atoms with Gasteiger partial charge in [0.25, 0.3) is 0 Å². The molecule has 0 spiro atoms. The minimum Gasteiger partial charge on any atom is -0.476 e. The van der Waals surface area contributed by atoms with Crippen LogP contribution in [0.2, 0.25) is 0 Å². The molecule has 0 unspecified atom stereocenters. The maximum absolute atomic E-state index is 12.6. The first-order valence-electron chi connectivity index (χ1n) is 5.39. The molecular formula is C12H9F3N2O3. The summed E-state index contributed by atoms with van der Waals surface area (Å²) in [6.07, 6.45) is -3.37. The summed E-state index contributed by atoms with van der Waals surface area (Å²) in [6.45, 7) is 0. The van der Waals surface area contributed by atoms with Crippen molar-refractivity contribution in [2.24, 2.45) is 7.05 Å². The van der Waals surface area contributed by atoms with Gasteiger partial charge in [-0.3, -0.25) is 4.68 Å². The molecule has 20 heavy (non-hydrogen) atoms. The zero-order valence-electron chi connectivity index (χ0n) is 10.2. The maximum Gasteiger partial charge on any atom is 0.416 e. The number of benzene rings is 1. The van der Waals surface area contributed by atoms with Crippen LogP contribution in [0.3, 0.4) is 0 Å². The van der Waals surface area contributed by atoms with Crippen LogP contribution in [0.25, 0.3) is 0 Å². The standard InChI is InChI=1S/C12H9F3N2O3/c1-17-10(11(18)19)9(6-16-17)20-8-4-2-3-7(5-8)12(13,14)15/h2-6H,1H3,(H,18,19). The highest BCUT2D eigenvalue weighted by Crippen LogP contribution is 2.33. The largest absolute Gasteiger partial charge is 0.476 e. The molecule has 2 aromatic rings.